The van der Waals surface area contributed by atoms with Gasteiger partial charge in [0, 0.05) is 14.2 Å². The van der Waals surface area contributed by atoms with Crippen LogP contribution in [0.5, 0.6) is 0 Å². The first-order valence-electron chi connectivity index (χ1n) is 3.19. The molecule has 0 saturated carbocycles. The highest BCUT2D eigenvalue weighted by Gasteiger charge is 2.63. The minimum Gasteiger partial charge on any atom is -0.308 e. The fraction of sp³-hybridized carbons (Fsp3) is 0.800. The molecular weight excluding hydrogens is 183 g/mol. The molecule has 0 aromatic rings. The fourth-order valence-corrected chi connectivity index (χ4v) is 2.13. The molecule has 0 radical (unpaired) electrons. The van der Waals surface area contributed by atoms with Gasteiger partial charge < -0.3 is 9.05 Å². The van der Waals surface area contributed by atoms with Crippen molar-refractivity contribution >= 4 is 13.4 Å². The molecule has 1 aliphatic heterocycles. The van der Waals surface area contributed by atoms with Crippen LogP contribution < -0.4 is 0 Å². The molecule has 0 fully saturated rings. The number of carbonyl (C=O) groups is 1. The molecule has 0 aromatic carbocycles. The molecule has 1 heterocycles. The van der Waals surface area contributed by atoms with E-state index in [1.165, 1.54) is 21.1 Å². The second kappa shape index (κ2) is 2.73. The number of hydrogen-bond acceptors (Lipinski definition) is 6. The summed E-state index contributed by atoms with van der Waals surface area (Å²) in [6.45, 7) is 1.24. The lowest BCUT2D eigenvalue weighted by Gasteiger charge is -2.16. The van der Waals surface area contributed by atoms with E-state index in [9.17, 15) is 9.36 Å². The zero-order valence-electron chi connectivity index (χ0n) is 6.97. The van der Waals surface area contributed by atoms with Gasteiger partial charge in [-0.3, -0.25) is 9.36 Å². The molecule has 7 heteroatoms. The molecule has 0 N–H and O–H groups in total. The Morgan fingerprint density at radius 2 is 1.75 bits per heavy atom. The van der Waals surface area contributed by atoms with E-state index >= 15 is 0 Å². The number of ketones is 1. The van der Waals surface area contributed by atoms with E-state index in [4.69, 9.17) is 0 Å². The van der Waals surface area contributed by atoms with Crippen LogP contribution in [0.4, 0.5) is 0 Å². The van der Waals surface area contributed by atoms with E-state index in [2.05, 4.69) is 19.3 Å². The summed E-state index contributed by atoms with van der Waals surface area (Å²) in [5.74, 6) is -0.436. The highest BCUT2D eigenvalue weighted by Crippen LogP contribution is 2.66. The van der Waals surface area contributed by atoms with E-state index in [-0.39, 0.29) is 0 Å². The minimum absolute atomic E-state index is 0.436. The van der Waals surface area contributed by atoms with E-state index < -0.39 is 18.8 Å². The molecule has 0 aliphatic carbocycles. The van der Waals surface area contributed by atoms with Gasteiger partial charge in [0.05, 0.1) is 0 Å². The van der Waals surface area contributed by atoms with Gasteiger partial charge in [-0.15, -0.1) is 10.2 Å². The summed E-state index contributed by atoms with van der Waals surface area (Å²) >= 11 is 0. The maximum absolute atomic E-state index is 11.6. The van der Waals surface area contributed by atoms with Crippen molar-refractivity contribution in [2.75, 3.05) is 14.2 Å². The largest absolute Gasteiger partial charge is 0.391 e. The van der Waals surface area contributed by atoms with Crippen molar-refractivity contribution in [1.82, 2.24) is 0 Å². The minimum atomic E-state index is -3.51. The van der Waals surface area contributed by atoms with Crippen LogP contribution in [0.1, 0.15) is 6.92 Å². The maximum atomic E-state index is 11.6. The average Bonchev–Trinajstić information content (AvgIpc) is 2.83. The van der Waals surface area contributed by atoms with Crippen LogP contribution >= 0.6 is 7.60 Å². The SMILES string of the molecule is COP(=O)(OC)C1(C(C)=O)N=N1. The number of carbonyl (C=O) groups excluding carboxylic acids is 1. The summed E-state index contributed by atoms with van der Waals surface area (Å²) in [6.07, 6.45) is 0. The van der Waals surface area contributed by atoms with Crippen molar-refractivity contribution in [3.05, 3.63) is 0 Å². The Labute approximate surface area is 69.5 Å². The highest BCUT2D eigenvalue weighted by molar-refractivity contribution is 7.57. The van der Waals surface area contributed by atoms with Crippen LogP contribution in [0, 0.1) is 0 Å². The standard InChI is InChI=1S/C5H9N2O4P/c1-4(8)5(6-7-5)12(9,10-2)11-3/h1-3H3. The topological polar surface area (TPSA) is 77.3 Å². The van der Waals surface area contributed by atoms with Gasteiger partial charge in [-0.1, -0.05) is 0 Å². The summed E-state index contributed by atoms with van der Waals surface area (Å²) in [5, 5.41) is 5.25. The molecule has 6 nitrogen and oxygen atoms in total. The van der Waals surface area contributed by atoms with Gasteiger partial charge in [0.2, 0.25) is 0 Å². The molecular formula is C5H9N2O4P. The molecule has 0 atom stereocenters. The molecule has 12 heavy (non-hydrogen) atoms. The summed E-state index contributed by atoms with van der Waals surface area (Å²) in [4.78, 5) is 11.0. The first-order chi connectivity index (χ1) is 5.52. The molecule has 0 unspecified atom stereocenters. The van der Waals surface area contributed by atoms with E-state index in [1.807, 2.05) is 0 Å². The second-order valence-electron chi connectivity index (χ2n) is 2.25. The lowest BCUT2D eigenvalue weighted by molar-refractivity contribution is -0.118. The smallest absolute Gasteiger partial charge is 0.308 e. The van der Waals surface area contributed by atoms with Gasteiger partial charge in [-0.25, -0.2) is 0 Å². The molecule has 0 amide bonds. The molecule has 0 bridgehead atoms. The third-order valence-corrected chi connectivity index (χ3v) is 3.84. The number of hydrogen-bond donors (Lipinski definition) is 0. The molecule has 1 aliphatic rings. The van der Waals surface area contributed by atoms with Crippen molar-refractivity contribution in [1.29, 1.82) is 0 Å². The van der Waals surface area contributed by atoms with E-state index in [0.717, 1.165) is 0 Å². The van der Waals surface area contributed by atoms with Gasteiger partial charge in [-0.05, 0) is 6.92 Å². The second-order valence-corrected chi connectivity index (χ2v) is 4.60. The predicted octanol–water partition coefficient (Wildman–Crippen LogP) is 1.18. The quantitative estimate of drug-likeness (QED) is 0.626. The van der Waals surface area contributed by atoms with Crippen molar-refractivity contribution < 1.29 is 18.4 Å². The van der Waals surface area contributed by atoms with Crippen LogP contribution in [0.25, 0.3) is 0 Å². The molecule has 0 aromatic heterocycles. The normalized spacial score (nSPS) is 19.2. The maximum Gasteiger partial charge on any atom is 0.391 e. The van der Waals surface area contributed by atoms with Crippen molar-refractivity contribution in [3.8, 4) is 0 Å². The van der Waals surface area contributed by atoms with Gasteiger partial charge >= 0.3 is 13.0 Å². The molecule has 1 rings (SSSR count). The highest BCUT2D eigenvalue weighted by atomic mass is 31.2. The predicted molar refractivity (Wildman–Crippen MR) is 39.9 cm³/mol. The Morgan fingerprint density at radius 1 is 1.33 bits per heavy atom. The lowest BCUT2D eigenvalue weighted by Crippen LogP contribution is -2.23. The summed E-state index contributed by atoms with van der Waals surface area (Å²) in [7, 11) is -1.13. The summed E-state index contributed by atoms with van der Waals surface area (Å²) < 4.78 is 20.8. The Hall–Kier alpha value is -0.580. The zero-order chi connectivity index (χ0) is 9.41. The first kappa shape index (κ1) is 9.51. The van der Waals surface area contributed by atoms with Crippen molar-refractivity contribution in [2.45, 2.75) is 12.3 Å². The van der Waals surface area contributed by atoms with Gasteiger partial charge in [0.1, 0.15) is 0 Å². The van der Waals surface area contributed by atoms with Crippen LogP contribution in [0.2, 0.25) is 0 Å². The molecule has 0 spiro atoms. The fourth-order valence-electron chi connectivity index (χ4n) is 0.820. The van der Waals surface area contributed by atoms with Gasteiger partial charge in [-0.2, -0.15) is 0 Å². The zero-order valence-corrected chi connectivity index (χ0v) is 7.87. The Kier molecular flexibility index (Phi) is 2.16. The third-order valence-electron chi connectivity index (χ3n) is 1.62. The van der Waals surface area contributed by atoms with E-state index in [0.29, 0.717) is 0 Å². The average molecular weight is 192 g/mol. The van der Waals surface area contributed by atoms with Crippen molar-refractivity contribution in [3.63, 3.8) is 0 Å². The van der Waals surface area contributed by atoms with Crippen LogP contribution in [0.15, 0.2) is 10.2 Å². The van der Waals surface area contributed by atoms with E-state index in [1.54, 1.807) is 0 Å². The monoisotopic (exact) mass is 192 g/mol. The molecule has 0 saturated heterocycles. The van der Waals surface area contributed by atoms with Crippen LogP contribution in [0.3, 0.4) is 0 Å². The summed E-state index contributed by atoms with van der Waals surface area (Å²) in [6, 6.07) is 0. The van der Waals surface area contributed by atoms with Crippen LogP contribution in [-0.2, 0) is 18.4 Å². The first-order valence-corrected chi connectivity index (χ1v) is 4.73. The molecule has 68 valence electrons. The third kappa shape index (κ3) is 1.03. The Balaban J connectivity index is 2.95. The summed E-state index contributed by atoms with van der Waals surface area (Å²) in [5.41, 5.74) is 0. The van der Waals surface area contributed by atoms with Gasteiger partial charge in [0.25, 0.3) is 0 Å². The number of nitrogens with zero attached hydrogens (tertiary/aromatic N) is 2. The lowest BCUT2D eigenvalue weighted by atomic mass is 10.4. The van der Waals surface area contributed by atoms with Crippen molar-refractivity contribution in [2.24, 2.45) is 10.2 Å². The van der Waals surface area contributed by atoms with Gasteiger partial charge in [0.15, 0.2) is 5.78 Å². The number of Topliss-reactive ketones (excluding diaryl/α,β-unsaturated/α-hetero) is 1. The Morgan fingerprint density at radius 3 is 1.83 bits per heavy atom. The Bertz CT molecular complexity index is 273. The van der Waals surface area contributed by atoms with Crippen LogP contribution in [-0.4, -0.2) is 25.4 Å². The number of rotatable bonds is 4.